The smallest absolute Gasteiger partial charge is 0.251 e. The highest BCUT2D eigenvalue weighted by Crippen LogP contribution is 2.37. The number of methoxy groups -OCH3 is 1. The van der Waals surface area contributed by atoms with Crippen LogP contribution >= 0.6 is 0 Å². The molecule has 0 saturated carbocycles. The van der Waals surface area contributed by atoms with E-state index in [0.29, 0.717) is 32.5 Å². The van der Waals surface area contributed by atoms with E-state index in [0.717, 1.165) is 35.3 Å². The number of hydrogen-bond donors (Lipinski definition) is 1. The first-order valence-corrected chi connectivity index (χ1v) is 10.9. The van der Waals surface area contributed by atoms with Crippen LogP contribution in [0.5, 0.6) is 5.75 Å². The summed E-state index contributed by atoms with van der Waals surface area (Å²) in [6.07, 6.45) is 2.59. The first-order valence-electron chi connectivity index (χ1n) is 10.9. The fourth-order valence-corrected chi connectivity index (χ4v) is 4.79. The zero-order valence-electron chi connectivity index (χ0n) is 18.2. The molecule has 0 spiro atoms. The average molecular weight is 423 g/mol. The molecule has 0 aromatic heterocycles. The molecule has 2 amide bonds. The predicted molar refractivity (Wildman–Crippen MR) is 119 cm³/mol. The summed E-state index contributed by atoms with van der Waals surface area (Å²) in [5, 5.41) is 2.82. The van der Waals surface area contributed by atoms with Crippen LogP contribution in [-0.4, -0.2) is 56.7 Å². The number of hydrogen-bond acceptors (Lipinski definition) is 4. The van der Waals surface area contributed by atoms with Crippen molar-refractivity contribution in [2.45, 2.75) is 31.8 Å². The minimum Gasteiger partial charge on any atom is -0.496 e. The van der Waals surface area contributed by atoms with Gasteiger partial charge in [-0.2, -0.15) is 0 Å². The standard InChI is InChI=1S/C25H30N2O4/c1-26-24(29)25(13-14-27(17-25)23(28)22-8-5-15-31-22)16-18-9-11-19(12-10-18)20-6-3-4-7-21(20)30-2/h3-4,6-7,9-12,22H,5,8,13-17H2,1-2H3,(H,26,29). The molecular weight excluding hydrogens is 392 g/mol. The third kappa shape index (κ3) is 4.30. The topological polar surface area (TPSA) is 67.9 Å². The van der Waals surface area contributed by atoms with Crippen LogP contribution in [0.2, 0.25) is 0 Å². The molecule has 2 heterocycles. The van der Waals surface area contributed by atoms with Crippen molar-refractivity contribution in [2.24, 2.45) is 5.41 Å². The molecule has 4 rings (SSSR count). The van der Waals surface area contributed by atoms with Crippen molar-refractivity contribution in [2.75, 3.05) is 33.9 Å². The zero-order chi connectivity index (χ0) is 21.8. The van der Waals surface area contributed by atoms with Gasteiger partial charge in [-0.05, 0) is 42.9 Å². The van der Waals surface area contributed by atoms with Crippen LogP contribution in [0, 0.1) is 5.41 Å². The van der Waals surface area contributed by atoms with Gasteiger partial charge >= 0.3 is 0 Å². The van der Waals surface area contributed by atoms with Crippen molar-refractivity contribution in [1.82, 2.24) is 10.2 Å². The van der Waals surface area contributed by atoms with Gasteiger partial charge in [0.2, 0.25) is 5.91 Å². The van der Waals surface area contributed by atoms with Gasteiger partial charge in [0.25, 0.3) is 5.91 Å². The number of carbonyl (C=O) groups excluding carboxylic acids is 2. The third-order valence-corrected chi connectivity index (χ3v) is 6.49. The number of likely N-dealkylation sites (tertiary alicyclic amines) is 1. The Hall–Kier alpha value is -2.86. The number of ether oxygens (including phenoxy) is 2. The van der Waals surface area contributed by atoms with Crippen LogP contribution in [0.1, 0.15) is 24.8 Å². The maximum absolute atomic E-state index is 12.9. The van der Waals surface area contributed by atoms with E-state index in [1.54, 1.807) is 14.2 Å². The second kappa shape index (κ2) is 9.10. The van der Waals surface area contributed by atoms with Crippen molar-refractivity contribution >= 4 is 11.8 Å². The summed E-state index contributed by atoms with van der Waals surface area (Å²) in [6.45, 7) is 1.66. The number of para-hydroxylation sites is 1. The van der Waals surface area contributed by atoms with E-state index >= 15 is 0 Å². The molecule has 0 radical (unpaired) electrons. The minimum atomic E-state index is -0.616. The Morgan fingerprint density at radius 2 is 1.97 bits per heavy atom. The second-order valence-corrected chi connectivity index (χ2v) is 8.44. The highest BCUT2D eigenvalue weighted by atomic mass is 16.5. The number of amides is 2. The predicted octanol–water partition coefficient (Wildman–Crippen LogP) is 3.05. The highest BCUT2D eigenvalue weighted by molar-refractivity contribution is 5.87. The lowest BCUT2D eigenvalue weighted by atomic mass is 9.79. The van der Waals surface area contributed by atoms with Gasteiger partial charge < -0.3 is 19.7 Å². The van der Waals surface area contributed by atoms with Gasteiger partial charge in [-0.15, -0.1) is 0 Å². The van der Waals surface area contributed by atoms with Crippen LogP contribution in [0.25, 0.3) is 11.1 Å². The average Bonchev–Trinajstić information content (AvgIpc) is 3.50. The molecule has 2 aliphatic rings. The quantitative estimate of drug-likeness (QED) is 0.777. The van der Waals surface area contributed by atoms with E-state index in [9.17, 15) is 9.59 Å². The Balaban J connectivity index is 1.52. The maximum Gasteiger partial charge on any atom is 0.251 e. The minimum absolute atomic E-state index is 0.0102. The van der Waals surface area contributed by atoms with Crippen molar-refractivity contribution in [1.29, 1.82) is 0 Å². The van der Waals surface area contributed by atoms with Gasteiger partial charge in [-0.25, -0.2) is 0 Å². The fraction of sp³-hybridized carbons (Fsp3) is 0.440. The molecule has 2 unspecified atom stereocenters. The zero-order valence-corrected chi connectivity index (χ0v) is 18.2. The number of rotatable bonds is 6. The molecule has 1 N–H and O–H groups in total. The van der Waals surface area contributed by atoms with Gasteiger partial charge in [0.1, 0.15) is 11.9 Å². The largest absolute Gasteiger partial charge is 0.496 e. The van der Waals surface area contributed by atoms with Gasteiger partial charge in [0, 0.05) is 32.3 Å². The van der Waals surface area contributed by atoms with E-state index in [1.807, 2.05) is 29.2 Å². The van der Waals surface area contributed by atoms with Crippen LogP contribution < -0.4 is 10.1 Å². The molecule has 2 atom stereocenters. The highest BCUT2D eigenvalue weighted by Gasteiger charge is 2.46. The fourth-order valence-electron chi connectivity index (χ4n) is 4.79. The lowest BCUT2D eigenvalue weighted by Crippen LogP contribution is -2.45. The van der Waals surface area contributed by atoms with Gasteiger partial charge in [-0.1, -0.05) is 42.5 Å². The first kappa shape index (κ1) is 21.4. The lowest BCUT2D eigenvalue weighted by Gasteiger charge is -2.28. The Morgan fingerprint density at radius 3 is 2.65 bits per heavy atom. The third-order valence-electron chi connectivity index (χ3n) is 6.49. The molecule has 6 nitrogen and oxygen atoms in total. The van der Waals surface area contributed by atoms with Crippen LogP contribution in [0.4, 0.5) is 0 Å². The summed E-state index contributed by atoms with van der Waals surface area (Å²) in [4.78, 5) is 27.5. The molecule has 164 valence electrons. The molecule has 31 heavy (non-hydrogen) atoms. The number of carbonyl (C=O) groups is 2. The number of nitrogens with one attached hydrogen (secondary N) is 1. The monoisotopic (exact) mass is 422 g/mol. The maximum atomic E-state index is 12.9. The Labute approximate surface area is 183 Å². The summed E-state index contributed by atoms with van der Waals surface area (Å²) in [5.74, 6) is 0.843. The normalized spacial score (nSPS) is 23.0. The SMILES string of the molecule is CNC(=O)C1(Cc2ccc(-c3ccccc3OC)cc2)CCN(C(=O)C2CCCO2)C1. The van der Waals surface area contributed by atoms with Gasteiger partial charge in [0.05, 0.1) is 12.5 Å². The van der Waals surface area contributed by atoms with Gasteiger partial charge in [-0.3, -0.25) is 9.59 Å². The molecule has 2 aromatic rings. The summed E-state index contributed by atoms with van der Waals surface area (Å²) in [6, 6.07) is 16.2. The first-order chi connectivity index (χ1) is 15.1. The van der Waals surface area contributed by atoms with Crippen molar-refractivity contribution in [3.63, 3.8) is 0 Å². The summed E-state index contributed by atoms with van der Waals surface area (Å²) < 4.78 is 11.0. The molecule has 0 aliphatic carbocycles. The number of nitrogens with zero attached hydrogens (tertiary/aromatic N) is 1. The van der Waals surface area contributed by atoms with E-state index in [4.69, 9.17) is 9.47 Å². The Kier molecular flexibility index (Phi) is 6.28. The van der Waals surface area contributed by atoms with Crippen molar-refractivity contribution < 1.29 is 19.1 Å². The van der Waals surface area contributed by atoms with Crippen LogP contribution in [0.3, 0.4) is 0 Å². The van der Waals surface area contributed by atoms with E-state index < -0.39 is 5.41 Å². The van der Waals surface area contributed by atoms with Gasteiger partial charge in [0.15, 0.2) is 0 Å². The molecule has 6 heteroatoms. The Bertz CT molecular complexity index is 937. The van der Waals surface area contributed by atoms with Crippen LogP contribution in [-0.2, 0) is 20.7 Å². The van der Waals surface area contributed by atoms with E-state index in [1.165, 1.54) is 0 Å². The van der Waals surface area contributed by atoms with E-state index in [-0.39, 0.29) is 17.9 Å². The van der Waals surface area contributed by atoms with Crippen molar-refractivity contribution in [3.05, 3.63) is 54.1 Å². The molecule has 2 aliphatic heterocycles. The van der Waals surface area contributed by atoms with Crippen LogP contribution in [0.15, 0.2) is 48.5 Å². The molecule has 0 bridgehead atoms. The lowest BCUT2D eigenvalue weighted by molar-refractivity contribution is -0.140. The molecule has 2 fully saturated rings. The van der Waals surface area contributed by atoms with E-state index in [2.05, 4.69) is 29.6 Å². The van der Waals surface area contributed by atoms with Crippen molar-refractivity contribution in [3.8, 4) is 16.9 Å². The molecule has 2 aromatic carbocycles. The summed E-state index contributed by atoms with van der Waals surface area (Å²) in [5.41, 5.74) is 2.56. The second-order valence-electron chi connectivity index (χ2n) is 8.44. The summed E-state index contributed by atoms with van der Waals surface area (Å²) >= 11 is 0. The molecular formula is C25H30N2O4. The number of benzene rings is 2. The summed E-state index contributed by atoms with van der Waals surface area (Å²) in [7, 11) is 3.34. The Morgan fingerprint density at radius 1 is 1.19 bits per heavy atom. The molecule has 2 saturated heterocycles.